The van der Waals surface area contributed by atoms with Crippen LogP contribution in [0.3, 0.4) is 0 Å². The zero-order valence-electron chi connectivity index (χ0n) is 11.7. The Bertz CT molecular complexity index is 598. The summed E-state index contributed by atoms with van der Waals surface area (Å²) in [6.07, 6.45) is 0. The fourth-order valence-electron chi connectivity index (χ4n) is 2.18. The van der Waals surface area contributed by atoms with E-state index in [2.05, 4.69) is 75.3 Å². The molecule has 0 radical (unpaired) electrons. The largest absolute Gasteiger partial charge is 0.496 e. The van der Waals surface area contributed by atoms with E-state index < -0.39 is 0 Å². The highest BCUT2D eigenvalue weighted by molar-refractivity contribution is 9.12. The van der Waals surface area contributed by atoms with E-state index in [9.17, 15) is 0 Å². The van der Waals surface area contributed by atoms with Gasteiger partial charge in [-0.3, -0.25) is 0 Å². The molecule has 1 unspecified atom stereocenters. The lowest BCUT2D eigenvalue weighted by Crippen LogP contribution is -2.21. The van der Waals surface area contributed by atoms with Gasteiger partial charge >= 0.3 is 0 Å². The number of thiophene rings is 1. The molecule has 1 heterocycles. The monoisotopic (exact) mass is 417 g/mol. The van der Waals surface area contributed by atoms with E-state index in [0.29, 0.717) is 0 Å². The van der Waals surface area contributed by atoms with E-state index >= 15 is 0 Å². The van der Waals surface area contributed by atoms with Gasteiger partial charge in [-0.1, -0.05) is 19.1 Å². The second-order valence-corrected chi connectivity index (χ2v) is 8.25. The summed E-state index contributed by atoms with van der Waals surface area (Å²) in [4.78, 5) is 0. The molecule has 108 valence electrons. The van der Waals surface area contributed by atoms with Crippen molar-refractivity contribution in [2.24, 2.45) is 0 Å². The van der Waals surface area contributed by atoms with Crippen molar-refractivity contribution < 1.29 is 4.74 Å². The summed E-state index contributed by atoms with van der Waals surface area (Å²) >= 11 is 8.90. The number of aryl methyl sites for hydroxylation is 1. The Morgan fingerprint density at radius 3 is 2.60 bits per heavy atom. The minimum absolute atomic E-state index is 0.159. The maximum atomic E-state index is 5.44. The van der Waals surface area contributed by atoms with Gasteiger partial charge < -0.3 is 10.1 Å². The fraction of sp³-hybridized carbons (Fsp3) is 0.333. The number of ether oxygens (including phenoxy) is 1. The molecule has 0 amide bonds. The molecule has 0 saturated carbocycles. The average Bonchev–Trinajstić information content (AvgIpc) is 2.75. The average molecular weight is 419 g/mol. The van der Waals surface area contributed by atoms with Gasteiger partial charge in [-0.05, 0) is 74.2 Å². The first kappa shape index (κ1) is 16.0. The lowest BCUT2D eigenvalue weighted by molar-refractivity contribution is 0.410. The van der Waals surface area contributed by atoms with Gasteiger partial charge in [-0.2, -0.15) is 0 Å². The van der Waals surface area contributed by atoms with Gasteiger partial charge in [0, 0.05) is 0 Å². The molecule has 0 fully saturated rings. The predicted octanol–water partition coefficient (Wildman–Crippen LogP) is 5.29. The van der Waals surface area contributed by atoms with Gasteiger partial charge in [-0.15, -0.1) is 11.3 Å². The van der Waals surface area contributed by atoms with E-state index in [-0.39, 0.29) is 6.04 Å². The maximum Gasteiger partial charge on any atom is 0.122 e. The van der Waals surface area contributed by atoms with Crippen molar-refractivity contribution in [3.8, 4) is 5.75 Å². The number of benzene rings is 1. The van der Waals surface area contributed by atoms with Gasteiger partial charge in [0.05, 0.1) is 20.7 Å². The minimum Gasteiger partial charge on any atom is -0.496 e. The van der Waals surface area contributed by atoms with Gasteiger partial charge in [0.2, 0.25) is 0 Å². The summed E-state index contributed by atoms with van der Waals surface area (Å²) in [5, 5.41) is 3.54. The Balaban J connectivity index is 2.45. The molecule has 0 aliphatic heterocycles. The zero-order chi connectivity index (χ0) is 14.7. The van der Waals surface area contributed by atoms with E-state index in [4.69, 9.17) is 4.74 Å². The van der Waals surface area contributed by atoms with E-state index in [1.807, 2.05) is 0 Å². The number of hydrogen-bond acceptors (Lipinski definition) is 3. The van der Waals surface area contributed by atoms with Crippen LogP contribution in [0, 0.1) is 6.92 Å². The normalized spacial score (nSPS) is 12.4. The molecular formula is C15H17Br2NOS. The fourth-order valence-corrected chi connectivity index (χ4v) is 5.08. The summed E-state index contributed by atoms with van der Waals surface area (Å²) in [5.74, 6) is 0.927. The second kappa shape index (κ2) is 7.07. The molecule has 0 aliphatic rings. The van der Waals surface area contributed by atoms with Crippen molar-refractivity contribution in [1.29, 1.82) is 0 Å². The molecule has 2 aromatic rings. The second-order valence-electron chi connectivity index (χ2n) is 4.50. The third kappa shape index (κ3) is 3.45. The van der Waals surface area contributed by atoms with Crippen molar-refractivity contribution >= 4 is 43.2 Å². The molecular weight excluding hydrogens is 402 g/mol. The van der Waals surface area contributed by atoms with Crippen molar-refractivity contribution in [2.75, 3.05) is 13.7 Å². The van der Waals surface area contributed by atoms with Crippen LogP contribution in [0.15, 0.2) is 31.8 Å². The minimum atomic E-state index is 0.159. The van der Waals surface area contributed by atoms with Crippen LogP contribution in [-0.4, -0.2) is 13.7 Å². The molecule has 0 spiro atoms. The lowest BCUT2D eigenvalue weighted by atomic mass is 9.99. The highest BCUT2D eigenvalue weighted by atomic mass is 79.9. The summed E-state index contributed by atoms with van der Waals surface area (Å²) in [5.41, 5.74) is 3.60. The summed E-state index contributed by atoms with van der Waals surface area (Å²) < 4.78 is 7.71. The molecule has 1 atom stereocenters. The zero-order valence-corrected chi connectivity index (χ0v) is 15.7. The Labute approximate surface area is 140 Å². The molecule has 0 aliphatic carbocycles. The Morgan fingerprint density at radius 1 is 1.30 bits per heavy atom. The third-order valence-electron chi connectivity index (χ3n) is 3.17. The lowest BCUT2D eigenvalue weighted by Gasteiger charge is -2.19. The van der Waals surface area contributed by atoms with Crippen LogP contribution in [-0.2, 0) is 0 Å². The SMILES string of the molecule is CCNC(c1ccc(C)c(OC)c1)c1cc(Br)sc1Br. The van der Waals surface area contributed by atoms with Crippen LogP contribution in [0.2, 0.25) is 0 Å². The van der Waals surface area contributed by atoms with Crippen molar-refractivity contribution in [3.63, 3.8) is 0 Å². The molecule has 1 aromatic carbocycles. The van der Waals surface area contributed by atoms with Crippen molar-refractivity contribution in [3.05, 3.63) is 48.5 Å². The topological polar surface area (TPSA) is 21.3 Å². The first-order chi connectivity index (χ1) is 9.56. The van der Waals surface area contributed by atoms with Crippen LogP contribution in [0.25, 0.3) is 0 Å². The highest BCUT2D eigenvalue weighted by Gasteiger charge is 2.19. The Hall–Kier alpha value is -0.360. The summed E-state index contributed by atoms with van der Waals surface area (Å²) in [6, 6.07) is 8.69. The Morgan fingerprint density at radius 2 is 2.05 bits per heavy atom. The molecule has 2 nitrogen and oxygen atoms in total. The smallest absolute Gasteiger partial charge is 0.122 e. The van der Waals surface area contributed by atoms with Crippen LogP contribution >= 0.6 is 43.2 Å². The number of halogens is 2. The van der Waals surface area contributed by atoms with Gasteiger partial charge in [0.25, 0.3) is 0 Å². The molecule has 0 bridgehead atoms. The molecule has 0 saturated heterocycles. The predicted molar refractivity (Wildman–Crippen MR) is 93.0 cm³/mol. The summed E-state index contributed by atoms with van der Waals surface area (Å²) in [7, 11) is 1.71. The van der Waals surface area contributed by atoms with E-state index in [1.54, 1.807) is 18.4 Å². The van der Waals surface area contributed by atoms with Crippen LogP contribution in [0.1, 0.15) is 29.7 Å². The molecule has 5 heteroatoms. The molecule has 1 aromatic heterocycles. The first-order valence-electron chi connectivity index (χ1n) is 6.39. The summed E-state index contributed by atoms with van der Waals surface area (Å²) in [6.45, 7) is 5.08. The van der Waals surface area contributed by atoms with Crippen LogP contribution in [0.4, 0.5) is 0 Å². The number of hydrogen-bond donors (Lipinski definition) is 1. The van der Waals surface area contributed by atoms with Gasteiger partial charge in [0.15, 0.2) is 0 Å². The maximum absolute atomic E-state index is 5.44. The quantitative estimate of drug-likeness (QED) is 0.712. The number of rotatable bonds is 5. The molecule has 20 heavy (non-hydrogen) atoms. The standard InChI is InChI=1S/C15H17Br2NOS/c1-4-18-14(11-8-13(16)20-15(11)17)10-6-5-9(2)12(7-10)19-3/h5-8,14,18H,4H2,1-3H3. The first-order valence-corrected chi connectivity index (χ1v) is 8.79. The molecule has 2 rings (SSSR count). The van der Waals surface area contributed by atoms with Crippen molar-refractivity contribution in [2.45, 2.75) is 19.9 Å². The van der Waals surface area contributed by atoms with E-state index in [0.717, 1.165) is 25.4 Å². The van der Waals surface area contributed by atoms with Gasteiger partial charge in [0.1, 0.15) is 5.75 Å². The number of methoxy groups -OCH3 is 1. The number of nitrogens with one attached hydrogen (secondary N) is 1. The van der Waals surface area contributed by atoms with Crippen LogP contribution in [0.5, 0.6) is 5.75 Å². The molecule has 1 N–H and O–H groups in total. The van der Waals surface area contributed by atoms with E-state index in [1.165, 1.54) is 11.1 Å². The third-order valence-corrected chi connectivity index (χ3v) is 5.55. The highest BCUT2D eigenvalue weighted by Crippen LogP contribution is 2.38. The van der Waals surface area contributed by atoms with Gasteiger partial charge in [-0.25, -0.2) is 0 Å². The van der Waals surface area contributed by atoms with Crippen molar-refractivity contribution in [1.82, 2.24) is 5.32 Å². The van der Waals surface area contributed by atoms with Crippen LogP contribution < -0.4 is 10.1 Å². The Kier molecular flexibility index (Phi) is 5.66.